The van der Waals surface area contributed by atoms with Crippen molar-refractivity contribution in [3.8, 4) is 0 Å². The summed E-state index contributed by atoms with van der Waals surface area (Å²) >= 11 is 0. The lowest BCUT2D eigenvalue weighted by atomic mass is 10.3. The van der Waals surface area contributed by atoms with Gasteiger partial charge < -0.3 is 17.3 Å². The summed E-state index contributed by atoms with van der Waals surface area (Å²) in [5, 5.41) is 0. The molecule has 0 heterocycles. The van der Waals surface area contributed by atoms with E-state index in [9.17, 15) is 17.3 Å². The minimum Gasteiger partial charge on any atom is -0.418 e. The second kappa shape index (κ2) is 7.32. The van der Waals surface area contributed by atoms with E-state index in [1.165, 1.54) is 19.0 Å². The van der Waals surface area contributed by atoms with Gasteiger partial charge in [-0.25, -0.2) is 0 Å². The Bertz CT molecular complexity index is 56.8. The molecule has 0 spiro atoms. The minimum atomic E-state index is -6.00. The van der Waals surface area contributed by atoms with Crippen LogP contribution in [0.3, 0.4) is 0 Å². The van der Waals surface area contributed by atoms with Crippen LogP contribution in [-0.4, -0.2) is 13.4 Å². The Balaban J connectivity index is 0. The highest BCUT2D eigenvalue weighted by molar-refractivity contribution is 7.16. The first-order chi connectivity index (χ1) is 4.41. The third kappa shape index (κ3) is 87.2. The van der Waals surface area contributed by atoms with Crippen LogP contribution in [0.25, 0.3) is 0 Å². The smallest absolute Gasteiger partial charge is 0.418 e. The van der Waals surface area contributed by atoms with Crippen molar-refractivity contribution in [3.63, 3.8) is 0 Å². The van der Waals surface area contributed by atoms with Crippen molar-refractivity contribution in [2.24, 2.45) is 0 Å². The van der Waals surface area contributed by atoms with Gasteiger partial charge in [-0.15, -0.1) is 9.24 Å². The van der Waals surface area contributed by atoms with Crippen molar-refractivity contribution in [1.29, 1.82) is 0 Å². The molecule has 0 aromatic rings. The lowest BCUT2D eigenvalue weighted by Gasteiger charge is -1.94. The normalized spacial score (nSPS) is 10.2. The van der Waals surface area contributed by atoms with Gasteiger partial charge in [0.15, 0.2) is 0 Å². The summed E-state index contributed by atoms with van der Waals surface area (Å²) in [6.45, 7) is 2.20. The fourth-order valence-electron chi connectivity index (χ4n) is 0.204. The van der Waals surface area contributed by atoms with Crippen molar-refractivity contribution in [3.05, 3.63) is 0 Å². The van der Waals surface area contributed by atoms with Crippen molar-refractivity contribution in [1.82, 2.24) is 0 Å². The second-order valence-corrected chi connectivity index (χ2v) is 2.21. The first-order valence-electron chi connectivity index (χ1n) is 2.99. The van der Waals surface area contributed by atoms with Crippen molar-refractivity contribution in [2.45, 2.75) is 19.8 Å². The molecule has 0 amide bonds. The first-order valence-corrected chi connectivity index (χ1v) is 3.80. The molecule has 0 saturated heterocycles. The Morgan fingerprint density at radius 3 is 1.50 bits per heavy atom. The molecule has 0 fully saturated rings. The maximum atomic E-state index is 9.75. The fraction of sp³-hybridized carbons (Fsp3) is 1.00. The van der Waals surface area contributed by atoms with E-state index in [-0.39, 0.29) is 0 Å². The van der Waals surface area contributed by atoms with Gasteiger partial charge in [-0.1, -0.05) is 19.8 Å². The summed E-state index contributed by atoms with van der Waals surface area (Å²) in [6, 6.07) is 0. The highest BCUT2D eigenvalue weighted by Crippen LogP contribution is 2.06. The molecule has 6 heteroatoms. The van der Waals surface area contributed by atoms with Crippen LogP contribution in [0, 0.1) is 0 Å². The Labute approximate surface area is 60.7 Å². The molecule has 1 unspecified atom stereocenters. The number of unbranched alkanes of at least 4 members (excludes halogenated alkanes) is 1. The summed E-state index contributed by atoms with van der Waals surface area (Å²) < 4.78 is 39.0. The molecule has 0 aliphatic heterocycles. The molecule has 0 aliphatic carbocycles. The molecule has 10 heavy (non-hydrogen) atoms. The van der Waals surface area contributed by atoms with E-state index in [2.05, 4.69) is 16.2 Å². The lowest BCUT2D eigenvalue weighted by Crippen LogP contribution is -2.02. The van der Waals surface area contributed by atoms with E-state index in [0.717, 1.165) is 0 Å². The third-order valence-electron chi connectivity index (χ3n) is 0.558. The van der Waals surface area contributed by atoms with Crippen LogP contribution in [0.4, 0.5) is 17.3 Å². The van der Waals surface area contributed by atoms with E-state index in [1.807, 2.05) is 0 Å². The van der Waals surface area contributed by atoms with Crippen LogP contribution in [0.1, 0.15) is 19.8 Å². The topological polar surface area (TPSA) is 0 Å². The summed E-state index contributed by atoms with van der Waals surface area (Å²) in [5.74, 6) is 0. The molecule has 0 rings (SSSR count). The van der Waals surface area contributed by atoms with Gasteiger partial charge in [-0.3, -0.25) is 0 Å². The van der Waals surface area contributed by atoms with Crippen LogP contribution in [0.15, 0.2) is 0 Å². The van der Waals surface area contributed by atoms with E-state index in [4.69, 9.17) is 0 Å². The zero-order valence-corrected chi connectivity index (χ0v) is 6.94. The van der Waals surface area contributed by atoms with E-state index >= 15 is 0 Å². The van der Waals surface area contributed by atoms with E-state index in [0.29, 0.717) is 0 Å². The zero-order valence-electron chi connectivity index (χ0n) is 5.79. The second-order valence-electron chi connectivity index (χ2n) is 1.64. The number of rotatable bonds is 2. The zero-order chi connectivity index (χ0) is 8.62. The van der Waals surface area contributed by atoms with Crippen molar-refractivity contribution < 1.29 is 17.3 Å². The van der Waals surface area contributed by atoms with Gasteiger partial charge in [0.2, 0.25) is 0 Å². The first kappa shape index (κ1) is 12.9. The number of hydrogen-bond donors (Lipinski definition) is 0. The van der Waals surface area contributed by atoms with Gasteiger partial charge in [0.1, 0.15) is 0 Å². The quantitative estimate of drug-likeness (QED) is 0.345. The average molecular weight is 177 g/mol. The van der Waals surface area contributed by atoms with Gasteiger partial charge >= 0.3 is 7.25 Å². The lowest BCUT2D eigenvalue weighted by molar-refractivity contribution is 0.368. The van der Waals surface area contributed by atoms with E-state index in [1.54, 1.807) is 0 Å². The van der Waals surface area contributed by atoms with Crippen LogP contribution in [0.2, 0.25) is 0 Å². The van der Waals surface area contributed by atoms with Gasteiger partial charge in [0.25, 0.3) is 0 Å². The van der Waals surface area contributed by atoms with Crippen molar-refractivity contribution >= 4 is 16.5 Å². The number of hydrogen-bond acceptors (Lipinski definition) is 0. The fourth-order valence-corrected chi connectivity index (χ4v) is 0.612. The summed E-state index contributed by atoms with van der Waals surface area (Å²) in [4.78, 5) is 0. The van der Waals surface area contributed by atoms with Gasteiger partial charge in [0.05, 0.1) is 0 Å². The average Bonchev–Trinajstić information content (AvgIpc) is 1.63. The summed E-state index contributed by atoms with van der Waals surface area (Å²) in [7, 11) is -3.30. The molecular formula is C4H11BF4P-. The largest absolute Gasteiger partial charge is 0.673 e. The Kier molecular flexibility index (Phi) is 9.41. The predicted octanol–water partition coefficient (Wildman–Crippen LogP) is 2.96. The molecule has 1 atom stereocenters. The molecule has 0 N–H and O–H groups in total. The molecular weight excluding hydrogens is 166 g/mol. The molecule has 0 saturated carbocycles. The standard InChI is InChI=1S/C4H11P.BF4/c1-2-3-4-5;2-1(3,4)5/h2-5H2,1H3;/q;-1. The van der Waals surface area contributed by atoms with Crippen LogP contribution >= 0.6 is 9.24 Å². The SMILES string of the molecule is CCCCP.F[B-](F)(F)F. The van der Waals surface area contributed by atoms with Crippen molar-refractivity contribution in [2.75, 3.05) is 6.16 Å². The monoisotopic (exact) mass is 177 g/mol. The minimum absolute atomic E-state index is 1.26. The summed E-state index contributed by atoms with van der Waals surface area (Å²) in [6.07, 6.45) is 3.94. The molecule has 0 nitrogen and oxygen atoms in total. The summed E-state index contributed by atoms with van der Waals surface area (Å²) in [5.41, 5.74) is 0. The Morgan fingerprint density at radius 2 is 1.50 bits per heavy atom. The maximum Gasteiger partial charge on any atom is 0.673 e. The maximum absolute atomic E-state index is 9.75. The molecule has 0 aromatic heterocycles. The van der Waals surface area contributed by atoms with Crippen LogP contribution in [-0.2, 0) is 0 Å². The molecule has 0 radical (unpaired) electrons. The molecule has 0 aromatic carbocycles. The highest BCUT2D eigenvalue weighted by atomic mass is 31.0. The predicted molar refractivity (Wildman–Crippen MR) is 39.7 cm³/mol. The van der Waals surface area contributed by atoms with Crippen LogP contribution in [0.5, 0.6) is 0 Å². The Morgan fingerprint density at radius 1 is 1.20 bits per heavy atom. The molecule has 0 bridgehead atoms. The van der Waals surface area contributed by atoms with Gasteiger partial charge in [0, 0.05) is 0 Å². The Hall–Kier alpha value is 0.215. The van der Waals surface area contributed by atoms with Gasteiger partial charge in [-0.2, -0.15) is 0 Å². The third-order valence-corrected chi connectivity index (χ3v) is 0.966. The van der Waals surface area contributed by atoms with Crippen LogP contribution < -0.4 is 0 Å². The molecule has 0 aliphatic rings. The van der Waals surface area contributed by atoms with E-state index < -0.39 is 7.25 Å². The van der Waals surface area contributed by atoms with Gasteiger partial charge in [-0.05, 0) is 6.16 Å². The number of halogens is 4. The molecule has 64 valence electrons. The highest BCUT2D eigenvalue weighted by Gasteiger charge is 2.20.